The number of primary amides is 1. The molecular weight excluding hydrogens is 725 g/mol. The van der Waals surface area contributed by atoms with Crippen LogP contribution in [-0.2, 0) is 27.2 Å². The summed E-state index contributed by atoms with van der Waals surface area (Å²) in [5.41, 5.74) is 9.03. The average Bonchev–Trinajstić information content (AvgIpc) is 3.95. The summed E-state index contributed by atoms with van der Waals surface area (Å²) in [5, 5.41) is 3.59. The molecular formula is C39H42BrF3N4O4. The summed E-state index contributed by atoms with van der Waals surface area (Å²) in [7, 11) is 0. The minimum atomic E-state index is -0.914. The van der Waals surface area contributed by atoms with E-state index in [9.17, 15) is 27.6 Å². The zero-order chi connectivity index (χ0) is 36.1. The van der Waals surface area contributed by atoms with Crippen LogP contribution in [0.25, 0.3) is 5.57 Å². The first-order chi connectivity index (χ1) is 24.6. The molecule has 51 heavy (non-hydrogen) atoms. The Hall–Kier alpha value is -4.16. The molecule has 2 fully saturated rings. The van der Waals surface area contributed by atoms with Gasteiger partial charge in [-0.3, -0.25) is 14.4 Å². The van der Waals surface area contributed by atoms with Crippen LogP contribution in [0.2, 0.25) is 0 Å². The lowest BCUT2D eigenvalue weighted by Crippen LogP contribution is -2.62. The van der Waals surface area contributed by atoms with E-state index < -0.39 is 23.6 Å². The molecule has 2 heterocycles. The lowest BCUT2D eigenvalue weighted by Gasteiger charge is -2.45. The van der Waals surface area contributed by atoms with Gasteiger partial charge in [0, 0.05) is 56.2 Å². The number of rotatable bonds is 15. The molecule has 2 aliphatic heterocycles. The van der Waals surface area contributed by atoms with E-state index >= 15 is 0 Å². The number of halogens is 4. The number of aryl methyl sites for hydroxylation is 1. The molecule has 0 unspecified atom stereocenters. The van der Waals surface area contributed by atoms with Gasteiger partial charge in [0.25, 0.3) is 5.91 Å². The molecule has 2 bridgehead atoms. The Kier molecular flexibility index (Phi) is 11.8. The molecule has 1 saturated heterocycles. The number of benzene rings is 3. The molecule has 2 atom stereocenters. The number of nitrogens with zero attached hydrogens (tertiary/aromatic N) is 2. The fraction of sp³-hybridized carbons (Fsp3) is 0.410. The maximum Gasteiger partial charge on any atom is 0.252 e. The van der Waals surface area contributed by atoms with Gasteiger partial charge in [-0.2, -0.15) is 0 Å². The van der Waals surface area contributed by atoms with Crippen molar-refractivity contribution in [3.8, 4) is 5.75 Å². The number of piperazine rings is 1. The van der Waals surface area contributed by atoms with Crippen LogP contribution in [0.5, 0.6) is 5.75 Å². The smallest absolute Gasteiger partial charge is 0.252 e. The van der Waals surface area contributed by atoms with Crippen molar-refractivity contribution in [2.24, 2.45) is 5.73 Å². The minimum Gasteiger partial charge on any atom is -0.492 e. The SMILES string of the molecule is NC(=O)CCCC(=O)N1C[C@H]2CC(c3ccc(CCCOc4cc(F)ccc4Br)cc3)=C(C(=O)N(CCc3cccc(F)c3F)C3CC3)[C@@H](C1)N2. The van der Waals surface area contributed by atoms with Crippen LogP contribution in [0.3, 0.4) is 0 Å². The summed E-state index contributed by atoms with van der Waals surface area (Å²) in [5.74, 6) is -2.40. The van der Waals surface area contributed by atoms with E-state index in [4.69, 9.17) is 10.5 Å². The molecule has 1 saturated carbocycles. The topological polar surface area (TPSA) is 105 Å². The third-order valence-corrected chi connectivity index (χ3v) is 10.4. The summed E-state index contributed by atoms with van der Waals surface area (Å²) in [6.45, 7) is 1.42. The molecule has 1 aliphatic carbocycles. The van der Waals surface area contributed by atoms with E-state index in [1.807, 2.05) is 24.3 Å². The second kappa shape index (κ2) is 16.5. The fourth-order valence-electron chi connectivity index (χ4n) is 7.03. The molecule has 3 aliphatic rings. The van der Waals surface area contributed by atoms with Gasteiger partial charge in [-0.25, -0.2) is 13.2 Å². The molecule has 3 N–H and O–H groups in total. The highest BCUT2D eigenvalue weighted by atomic mass is 79.9. The number of fused-ring (bicyclic) bond motifs is 2. The average molecular weight is 768 g/mol. The zero-order valence-electron chi connectivity index (χ0n) is 28.3. The van der Waals surface area contributed by atoms with Gasteiger partial charge in [-0.1, -0.05) is 36.4 Å². The Balaban J connectivity index is 1.22. The van der Waals surface area contributed by atoms with Crippen LogP contribution >= 0.6 is 15.9 Å². The molecule has 3 aromatic rings. The van der Waals surface area contributed by atoms with Gasteiger partial charge >= 0.3 is 0 Å². The monoisotopic (exact) mass is 766 g/mol. The third kappa shape index (κ3) is 9.20. The number of carbonyl (C=O) groups is 3. The molecule has 3 aromatic carbocycles. The Morgan fingerprint density at radius 2 is 1.75 bits per heavy atom. The largest absolute Gasteiger partial charge is 0.492 e. The van der Waals surface area contributed by atoms with Gasteiger partial charge < -0.3 is 25.6 Å². The van der Waals surface area contributed by atoms with Gasteiger partial charge in [0.1, 0.15) is 11.6 Å². The van der Waals surface area contributed by atoms with Gasteiger partial charge in [-0.05, 0) is 101 Å². The number of hydrogen-bond donors (Lipinski definition) is 2. The summed E-state index contributed by atoms with van der Waals surface area (Å²) in [6, 6.07) is 16.1. The molecule has 0 spiro atoms. The fourth-order valence-corrected chi connectivity index (χ4v) is 7.40. The normalized spacial score (nSPS) is 18.5. The number of nitrogens with two attached hydrogens (primary N) is 1. The van der Waals surface area contributed by atoms with Crippen molar-refractivity contribution >= 4 is 39.2 Å². The predicted molar refractivity (Wildman–Crippen MR) is 191 cm³/mol. The Morgan fingerprint density at radius 1 is 0.961 bits per heavy atom. The molecule has 3 amide bonds. The highest BCUT2D eigenvalue weighted by Gasteiger charge is 2.43. The zero-order valence-corrected chi connectivity index (χ0v) is 29.9. The maximum absolute atomic E-state index is 14.6. The van der Waals surface area contributed by atoms with E-state index in [1.165, 1.54) is 18.2 Å². The highest BCUT2D eigenvalue weighted by molar-refractivity contribution is 9.10. The van der Waals surface area contributed by atoms with Crippen LogP contribution in [0, 0.1) is 17.5 Å². The van der Waals surface area contributed by atoms with E-state index in [-0.39, 0.29) is 61.1 Å². The molecule has 8 nitrogen and oxygen atoms in total. The van der Waals surface area contributed by atoms with Crippen molar-refractivity contribution in [2.75, 3.05) is 26.2 Å². The number of amides is 3. The van der Waals surface area contributed by atoms with Crippen LogP contribution in [-0.4, -0.2) is 71.9 Å². The van der Waals surface area contributed by atoms with Crippen LogP contribution < -0.4 is 15.8 Å². The van der Waals surface area contributed by atoms with Crippen molar-refractivity contribution in [2.45, 2.75) is 75.9 Å². The number of carbonyl (C=O) groups excluding carboxylic acids is 3. The van der Waals surface area contributed by atoms with Gasteiger partial charge in [0.15, 0.2) is 11.6 Å². The first-order valence-corrected chi connectivity index (χ1v) is 18.3. The van der Waals surface area contributed by atoms with E-state index in [1.54, 1.807) is 21.9 Å². The van der Waals surface area contributed by atoms with Crippen molar-refractivity contribution in [1.29, 1.82) is 0 Å². The molecule has 0 aromatic heterocycles. The summed E-state index contributed by atoms with van der Waals surface area (Å²) in [6.07, 6.45) is 4.52. The first kappa shape index (κ1) is 36.6. The molecule has 270 valence electrons. The molecule has 0 radical (unpaired) electrons. The van der Waals surface area contributed by atoms with E-state index in [0.29, 0.717) is 54.8 Å². The second-order valence-electron chi connectivity index (χ2n) is 13.5. The Labute approximate surface area is 304 Å². The number of hydrogen-bond acceptors (Lipinski definition) is 5. The lowest BCUT2D eigenvalue weighted by atomic mass is 9.82. The number of ether oxygens (including phenoxy) is 1. The first-order valence-electron chi connectivity index (χ1n) is 17.5. The van der Waals surface area contributed by atoms with E-state index in [2.05, 4.69) is 21.2 Å². The minimum absolute atomic E-state index is 0.00770. The second-order valence-corrected chi connectivity index (χ2v) is 14.4. The lowest BCUT2D eigenvalue weighted by molar-refractivity contribution is -0.134. The van der Waals surface area contributed by atoms with Crippen LogP contribution in [0.4, 0.5) is 13.2 Å². The van der Waals surface area contributed by atoms with Crippen molar-refractivity contribution in [3.05, 3.63) is 105 Å². The van der Waals surface area contributed by atoms with Crippen molar-refractivity contribution in [1.82, 2.24) is 15.1 Å². The summed E-state index contributed by atoms with van der Waals surface area (Å²) < 4.78 is 48.7. The number of nitrogens with one attached hydrogen (secondary N) is 1. The standard InChI is InChI=1S/C39H42BrF3N4O4/c40-31-16-13-27(41)20-34(31)51-19-3-4-24-9-11-25(12-10-24)30-21-28-22-46(36(49)8-2-7-35(44)48)23-33(45-28)37(30)39(50)47(29-14-15-29)18-17-26-5-1-6-32(42)38(26)43/h1,5-6,9-13,16,20,28-29,33,45H,2-4,7-8,14-15,17-19,21-23H2,(H2,44,48)/t28-,33-/m1/s1. The Bertz CT molecular complexity index is 1800. The van der Waals surface area contributed by atoms with Gasteiger partial charge in [0.05, 0.1) is 17.1 Å². The summed E-state index contributed by atoms with van der Waals surface area (Å²) in [4.78, 5) is 42.7. The predicted octanol–water partition coefficient (Wildman–Crippen LogP) is 6.09. The van der Waals surface area contributed by atoms with Crippen LogP contribution in [0.1, 0.15) is 61.6 Å². The highest BCUT2D eigenvalue weighted by Crippen LogP contribution is 2.37. The van der Waals surface area contributed by atoms with Crippen molar-refractivity contribution in [3.63, 3.8) is 0 Å². The molecule has 6 rings (SSSR count). The van der Waals surface area contributed by atoms with Crippen LogP contribution in [0.15, 0.2) is 70.7 Å². The van der Waals surface area contributed by atoms with E-state index in [0.717, 1.165) is 42.0 Å². The van der Waals surface area contributed by atoms with Crippen molar-refractivity contribution < 1.29 is 32.3 Å². The third-order valence-electron chi connectivity index (χ3n) is 9.77. The molecule has 12 heteroatoms. The Morgan fingerprint density at radius 3 is 2.49 bits per heavy atom. The summed E-state index contributed by atoms with van der Waals surface area (Å²) >= 11 is 3.38. The quantitative estimate of drug-likeness (QED) is 0.182. The van der Waals surface area contributed by atoms with Gasteiger partial charge in [0.2, 0.25) is 11.8 Å². The van der Waals surface area contributed by atoms with Gasteiger partial charge in [-0.15, -0.1) is 0 Å². The maximum atomic E-state index is 14.6.